The molecule has 0 heterocycles. The molecule has 0 spiro atoms. The van der Waals surface area contributed by atoms with Gasteiger partial charge in [0.2, 0.25) is 0 Å². The molecule has 0 aromatic heterocycles. The minimum absolute atomic E-state index is 0.104. The third kappa shape index (κ3) is 4.18. The molecule has 0 radical (unpaired) electrons. The predicted octanol–water partition coefficient (Wildman–Crippen LogP) is 5.10. The first-order valence-electron chi connectivity index (χ1n) is 8.10. The second kappa shape index (κ2) is 7.38. The highest BCUT2D eigenvalue weighted by Crippen LogP contribution is 2.32. The Balaban J connectivity index is 1.68. The zero-order chi connectivity index (χ0) is 17.7. The molecule has 0 bridgehead atoms. The molecular formula is C21H20NO3-. The van der Waals surface area contributed by atoms with E-state index in [1.807, 2.05) is 36.4 Å². The zero-order valence-corrected chi connectivity index (χ0v) is 14.3. The van der Waals surface area contributed by atoms with Gasteiger partial charge in [-0.2, -0.15) is 0 Å². The SMILES string of the molecule is CC(C)(c1ccccc1)c1ccc(ON([O-])Oc2ccccc2)cc1. The molecule has 0 fully saturated rings. The van der Waals surface area contributed by atoms with Gasteiger partial charge < -0.3 is 14.9 Å². The van der Waals surface area contributed by atoms with Crippen LogP contribution in [0.1, 0.15) is 25.0 Å². The quantitative estimate of drug-likeness (QED) is 0.588. The highest BCUT2D eigenvalue weighted by Gasteiger charge is 2.22. The van der Waals surface area contributed by atoms with Crippen molar-refractivity contribution < 1.29 is 9.68 Å². The standard InChI is InChI=1S/C21H20NO3/c1-21(2,17-9-5-3-6-10-17)18-13-15-20(16-14-18)25-22(23)24-19-11-7-4-8-12-19/h3-16H,1-2H3/q-1. The van der Waals surface area contributed by atoms with E-state index in [2.05, 4.69) is 26.0 Å². The molecule has 25 heavy (non-hydrogen) atoms. The van der Waals surface area contributed by atoms with Gasteiger partial charge in [-0.25, -0.2) is 0 Å². The Morgan fingerprint density at radius 2 is 1.08 bits per heavy atom. The lowest BCUT2D eigenvalue weighted by atomic mass is 9.78. The van der Waals surface area contributed by atoms with Crippen LogP contribution in [0.2, 0.25) is 0 Å². The van der Waals surface area contributed by atoms with E-state index in [0.29, 0.717) is 11.5 Å². The van der Waals surface area contributed by atoms with Gasteiger partial charge in [0.15, 0.2) is 0 Å². The highest BCUT2D eigenvalue weighted by atomic mass is 17.1. The van der Waals surface area contributed by atoms with Crippen LogP contribution in [0, 0.1) is 5.21 Å². The van der Waals surface area contributed by atoms with Crippen molar-refractivity contribution in [2.24, 2.45) is 0 Å². The van der Waals surface area contributed by atoms with Crippen LogP contribution in [0.15, 0.2) is 84.9 Å². The lowest BCUT2D eigenvalue weighted by Crippen LogP contribution is -2.24. The topological polar surface area (TPSA) is 44.8 Å². The van der Waals surface area contributed by atoms with Crippen LogP contribution in [0.5, 0.6) is 11.5 Å². The molecular weight excluding hydrogens is 314 g/mol. The average molecular weight is 334 g/mol. The van der Waals surface area contributed by atoms with E-state index in [-0.39, 0.29) is 10.8 Å². The molecule has 0 atom stereocenters. The Labute approximate surface area is 147 Å². The molecule has 0 aliphatic carbocycles. The van der Waals surface area contributed by atoms with Crippen molar-refractivity contribution in [1.29, 1.82) is 0 Å². The second-order valence-electron chi connectivity index (χ2n) is 6.23. The third-order valence-electron chi connectivity index (χ3n) is 4.17. The van der Waals surface area contributed by atoms with Crippen LogP contribution in [-0.2, 0) is 5.41 Å². The summed E-state index contributed by atoms with van der Waals surface area (Å²) >= 11 is 0. The van der Waals surface area contributed by atoms with Crippen LogP contribution < -0.4 is 9.68 Å². The largest absolute Gasteiger partial charge is 0.718 e. The second-order valence-corrected chi connectivity index (χ2v) is 6.23. The van der Waals surface area contributed by atoms with Crippen molar-refractivity contribution in [2.75, 3.05) is 0 Å². The van der Waals surface area contributed by atoms with Gasteiger partial charge in [-0.15, -0.1) is 0 Å². The molecule has 0 aliphatic rings. The summed E-state index contributed by atoms with van der Waals surface area (Å²) < 4.78 is 0. The molecule has 4 nitrogen and oxygen atoms in total. The molecule has 0 aliphatic heterocycles. The molecule has 0 amide bonds. The number of hydrogen-bond donors (Lipinski definition) is 0. The van der Waals surface area contributed by atoms with E-state index < -0.39 is 0 Å². The zero-order valence-electron chi connectivity index (χ0n) is 14.3. The lowest BCUT2D eigenvalue weighted by Gasteiger charge is -2.28. The Kier molecular flexibility index (Phi) is 5.03. The van der Waals surface area contributed by atoms with Gasteiger partial charge in [0.05, 0.1) is 0 Å². The highest BCUT2D eigenvalue weighted by molar-refractivity contribution is 5.39. The van der Waals surface area contributed by atoms with Gasteiger partial charge >= 0.3 is 0 Å². The van der Waals surface area contributed by atoms with Crippen LogP contribution in [0.25, 0.3) is 0 Å². The first-order chi connectivity index (χ1) is 12.1. The van der Waals surface area contributed by atoms with E-state index in [1.165, 1.54) is 5.56 Å². The van der Waals surface area contributed by atoms with Crippen molar-refractivity contribution >= 4 is 0 Å². The Hall–Kier alpha value is -2.82. The van der Waals surface area contributed by atoms with Gasteiger partial charge in [-0.3, -0.25) is 0 Å². The summed E-state index contributed by atoms with van der Waals surface area (Å²) in [4.78, 5) is 10.2. The van der Waals surface area contributed by atoms with Gasteiger partial charge in [0, 0.05) is 5.41 Å². The fourth-order valence-electron chi connectivity index (χ4n) is 2.63. The van der Waals surface area contributed by atoms with Crippen molar-refractivity contribution in [1.82, 2.24) is 5.39 Å². The summed E-state index contributed by atoms with van der Waals surface area (Å²) in [6.07, 6.45) is 0. The van der Waals surface area contributed by atoms with E-state index >= 15 is 0 Å². The Bertz CT molecular complexity index is 786. The van der Waals surface area contributed by atoms with Gasteiger partial charge in [-0.05, 0) is 40.8 Å². The van der Waals surface area contributed by atoms with E-state index in [0.717, 1.165) is 5.56 Å². The molecule has 3 aromatic carbocycles. The minimum atomic E-state index is -0.141. The van der Waals surface area contributed by atoms with Crippen LogP contribution >= 0.6 is 0 Å². The fraction of sp³-hybridized carbons (Fsp3) is 0.143. The van der Waals surface area contributed by atoms with E-state index in [1.54, 1.807) is 36.4 Å². The molecule has 0 N–H and O–H groups in total. The van der Waals surface area contributed by atoms with Crippen LogP contribution in [0.3, 0.4) is 0 Å². The molecule has 3 aromatic rings. The van der Waals surface area contributed by atoms with Crippen molar-refractivity contribution in [3.63, 3.8) is 0 Å². The van der Waals surface area contributed by atoms with Crippen LogP contribution in [0.4, 0.5) is 0 Å². The summed E-state index contributed by atoms with van der Waals surface area (Å²) in [7, 11) is 0. The summed E-state index contributed by atoms with van der Waals surface area (Å²) in [6, 6.07) is 26.5. The third-order valence-corrected chi connectivity index (χ3v) is 4.17. The number of hydrogen-bond acceptors (Lipinski definition) is 4. The van der Waals surface area contributed by atoms with Crippen molar-refractivity contribution in [3.8, 4) is 11.5 Å². The molecule has 3 rings (SSSR count). The first-order valence-corrected chi connectivity index (χ1v) is 8.10. The van der Waals surface area contributed by atoms with Crippen molar-refractivity contribution in [3.05, 3.63) is 101 Å². The Morgan fingerprint density at radius 3 is 1.64 bits per heavy atom. The van der Waals surface area contributed by atoms with Crippen molar-refractivity contribution in [2.45, 2.75) is 19.3 Å². The lowest BCUT2D eigenvalue weighted by molar-refractivity contribution is -0.215. The summed E-state index contributed by atoms with van der Waals surface area (Å²) in [5.74, 6) is 0.831. The summed E-state index contributed by atoms with van der Waals surface area (Å²) in [5, 5.41) is 11.9. The normalized spacial score (nSPS) is 11.4. The number of benzene rings is 3. The Morgan fingerprint density at radius 1 is 0.640 bits per heavy atom. The van der Waals surface area contributed by atoms with Gasteiger partial charge in [-0.1, -0.05) is 74.5 Å². The monoisotopic (exact) mass is 334 g/mol. The maximum absolute atomic E-state index is 11.8. The molecule has 0 saturated carbocycles. The van der Waals surface area contributed by atoms with E-state index in [9.17, 15) is 5.21 Å². The minimum Gasteiger partial charge on any atom is -0.718 e. The molecule has 0 unspecified atom stereocenters. The first kappa shape index (κ1) is 17.0. The molecule has 128 valence electrons. The summed E-state index contributed by atoms with van der Waals surface area (Å²) in [5.41, 5.74) is 2.21. The van der Waals surface area contributed by atoms with Gasteiger partial charge in [0.1, 0.15) is 11.5 Å². The maximum atomic E-state index is 11.8. The average Bonchev–Trinajstić information content (AvgIpc) is 2.63. The van der Waals surface area contributed by atoms with Gasteiger partial charge in [0.25, 0.3) is 0 Å². The smallest absolute Gasteiger partial charge is 0.150 e. The molecule has 4 heteroatoms. The number of para-hydroxylation sites is 1. The fourth-order valence-corrected chi connectivity index (χ4v) is 2.63. The maximum Gasteiger partial charge on any atom is 0.150 e. The number of nitrogens with zero attached hydrogens (tertiary/aromatic N) is 1. The van der Waals surface area contributed by atoms with Crippen LogP contribution in [-0.4, -0.2) is 5.39 Å². The summed E-state index contributed by atoms with van der Waals surface area (Å²) in [6.45, 7) is 4.33. The number of rotatable bonds is 6. The molecule has 0 saturated heterocycles. The van der Waals surface area contributed by atoms with E-state index in [4.69, 9.17) is 9.68 Å². The predicted molar refractivity (Wildman–Crippen MR) is 97.9 cm³/mol.